The number of hydrogen-bond acceptors (Lipinski definition) is 8. The minimum atomic E-state index is -0.746. The molecule has 3 amide bonds. The molecular formula is C31H40N4O7. The number of benzene rings is 2. The van der Waals surface area contributed by atoms with Crippen molar-refractivity contribution in [2.45, 2.75) is 32.9 Å². The van der Waals surface area contributed by atoms with Crippen LogP contribution in [0.4, 0.5) is 4.79 Å². The van der Waals surface area contributed by atoms with Gasteiger partial charge in [0.1, 0.15) is 5.75 Å². The van der Waals surface area contributed by atoms with E-state index in [1.54, 1.807) is 68.5 Å². The summed E-state index contributed by atoms with van der Waals surface area (Å²) < 4.78 is 21.6. The van der Waals surface area contributed by atoms with Crippen LogP contribution in [-0.2, 0) is 9.53 Å². The molecule has 1 N–H and O–H groups in total. The van der Waals surface area contributed by atoms with E-state index in [0.29, 0.717) is 72.4 Å². The summed E-state index contributed by atoms with van der Waals surface area (Å²) in [5.74, 6) is 1.18. The molecule has 2 heterocycles. The number of likely N-dealkylation sites (N-methyl/N-ethyl adjacent to an activating group) is 1. The molecule has 11 heteroatoms. The summed E-state index contributed by atoms with van der Waals surface area (Å²) in [4.78, 5) is 45.7. The lowest BCUT2D eigenvalue weighted by molar-refractivity contribution is -0.139. The van der Waals surface area contributed by atoms with Gasteiger partial charge in [-0.15, -0.1) is 0 Å². The molecule has 1 saturated heterocycles. The van der Waals surface area contributed by atoms with E-state index in [-0.39, 0.29) is 24.6 Å². The lowest BCUT2D eigenvalue weighted by atomic mass is 9.93. The second-order valence-corrected chi connectivity index (χ2v) is 10.1. The molecule has 4 rings (SSSR count). The number of hydrogen-bond donors (Lipinski definition) is 1. The van der Waals surface area contributed by atoms with Gasteiger partial charge in [-0.25, -0.2) is 9.59 Å². The van der Waals surface area contributed by atoms with Crippen LogP contribution in [0.15, 0.2) is 53.7 Å². The van der Waals surface area contributed by atoms with E-state index >= 15 is 0 Å². The van der Waals surface area contributed by atoms with Gasteiger partial charge in [-0.2, -0.15) is 0 Å². The average Bonchev–Trinajstić information content (AvgIpc) is 3.00. The molecule has 2 aliphatic heterocycles. The van der Waals surface area contributed by atoms with E-state index in [4.69, 9.17) is 18.9 Å². The Morgan fingerprint density at radius 3 is 2.26 bits per heavy atom. The SMILES string of the molecule is CCOC(=O)C1=C(CN2CCN(C(=O)c3ccc(OC)cc3)C(C)C2)N(CC)C(=O)NC1c1ccc(OC)c(OC)c1. The van der Waals surface area contributed by atoms with Crippen LogP contribution in [0.1, 0.15) is 42.7 Å². The number of ether oxygens (including phenoxy) is 4. The standard InChI is InChI=1S/C31H40N4O7/c1-7-34-24(19-33-15-16-35(20(3)18-33)29(36)21-9-12-23(39-4)13-10-21)27(30(37)42-8-2)28(32-31(34)38)22-11-14-25(40-5)26(17-22)41-6/h9-14,17,20,28H,7-8,15-16,18-19H2,1-6H3,(H,32,38). The van der Waals surface area contributed by atoms with Crippen molar-refractivity contribution < 1.29 is 33.3 Å². The number of urea groups is 1. The zero-order chi connectivity index (χ0) is 30.4. The van der Waals surface area contributed by atoms with Gasteiger partial charge >= 0.3 is 12.0 Å². The zero-order valence-electron chi connectivity index (χ0n) is 25.1. The van der Waals surface area contributed by atoms with Crippen molar-refractivity contribution in [3.8, 4) is 17.2 Å². The predicted molar refractivity (Wildman–Crippen MR) is 157 cm³/mol. The summed E-state index contributed by atoms with van der Waals surface area (Å²) in [5.41, 5.74) is 2.22. The number of amides is 3. The second kappa shape index (κ2) is 13.6. The Morgan fingerprint density at radius 2 is 1.67 bits per heavy atom. The molecular weight excluding hydrogens is 540 g/mol. The normalized spacial score (nSPS) is 19.3. The summed E-state index contributed by atoms with van der Waals surface area (Å²) in [6.45, 7) is 8.18. The Morgan fingerprint density at radius 1 is 0.952 bits per heavy atom. The highest BCUT2D eigenvalue weighted by molar-refractivity contribution is 5.96. The van der Waals surface area contributed by atoms with Gasteiger partial charge in [-0.1, -0.05) is 6.07 Å². The number of methoxy groups -OCH3 is 3. The molecule has 42 heavy (non-hydrogen) atoms. The highest BCUT2D eigenvalue weighted by Gasteiger charge is 2.39. The van der Waals surface area contributed by atoms with E-state index in [1.807, 2.05) is 18.7 Å². The predicted octanol–water partition coefficient (Wildman–Crippen LogP) is 3.46. The van der Waals surface area contributed by atoms with Crippen molar-refractivity contribution in [1.82, 2.24) is 20.0 Å². The largest absolute Gasteiger partial charge is 0.497 e. The quantitative estimate of drug-likeness (QED) is 0.426. The first-order valence-corrected chi connectivity index (χ1v) is 14.1. The first-order chi connectivity index (χ1) is 20.3. The molecule has 2 unspecified atom stereocenters. The molecule has 11 nitrogen and oxygen atoms in total. The molecule has 0 spiro atoms. The maximum absolute atomic E-state index is 13.5. The fourth-order valence-electron chi connectivity index (χ4n) is 5.53. The number of carbonyl (C=O) groups excluding carboxylic acids is 3. The Hall–Kier alpha value is -4.25. The molecule has 2 aliphatic rings. The lowest BCUT2D eigenvalue weighted by Gasteiger charge is -2.43. The van der Waals surface area contributed by atoms with Crippen LogP contribution in [0, 0.1) is 0 Å². The Kier molecular flexibility index (Phi) is 9.95. The summed E-state index contributed by atoms with van der Waals surface area (Å²) in [6, 6.07) is 11.3. The second-order valence-electron chi connectivity index (χ2n) is 10.1. The molecule has 2 atom stereocenters. The number of rotatable bonds is 10. The summed E-state index contributed by atoms with van der Waals surface area (Å²) >= 11 is 0. The van der Waals surface area contributed by atoms with Gasteiger partial charge in [0.15, 0.2) is 11.5 Å². The van der Waals surface area contributed by atoms with Crippen LogP contribution in [-0.4, -0.2) is 99.3 Å². The molecule has 0 bridgehead atoms. The molecule has 2 aromatic rings. The van der Waals surface area contributed by atoms with Crippen LogP contribution in [0.3, 0.4) is 0 Å². The van der Waals surface area contributed by atoms with Crippen molar-refractivity contribution in [3.63, 3.8) is 0 Å². The summed E-state index contributed by atoms with van der Waals surface area (Å²) in [6.07, 6.45) is 0. The number of esters is 1. The van der Waals surface area contributed by atoms with Crippen LogP contribution in [0.5, 0.6) is 17.2 Å². The van der Waals surface area contributed by atoms with E-state index in [9.17, 15) is 14.4 Å². The Bertz CT molecular complexity index is 1330. The minimum absolute atomic E-state index is 0.0445. The minimum Gasteiger partial charge on any atom is -0.497 e. The molecule has 0 aliphatic carbocycles. The fraction of sp³-hybridized carbons (Fsp3) is 0.452. The number of nitrogens with one attached hydrogen (secondary N) is 1. The van der Waals surface area contributed by atoms with Gasteiger partial charge in [-0.05, 0) is 62.7 Å². The average molecular weight is 581 g/mol. The van der Waals surface area contributed by atoms with Crippen molar-refractivity contribution in [3.05, 3.63) is 64.9 Å². The Balaban J connectivity index is 1.64. The van der Waals surface area contributed by atoms with Gasteiger partial charge in [0, 0.05) is 50.0 Å². The van der Waals surface area contributed by atoms with Gasteiger partial charge in [0.2, 0.25) is 0 Å². The van der Waals surface area contributed by atoms with E-state index in [1.165, 1.54) is 7.11 Å². The summed E-state index contributed by atoms with van der Waals surface area (Å²) in [7, 11) is 4.67. The van der Waals surface area contributed by atoms with Crippen molar-refractivity contribution >= 4 is 17.9 Å². The maximum atomic E-state index is 13.5. The van der Waals surface area contributed by atoms with Crippen LogP contribution in [0.25, 0.3) is 0 Å². The molecule has 1 fully saturated rings. The van der Waals surface area contributed by atoms with Gasteiger partial charge in [0.25, 0.3) is 5.91 Å². The molecule has 0 radical (unpaired) electrons. The van der Waals surface area contributed by atoms with Crippen molar-refractivity contribution in [1.29, 1.82) is 0 Å². The van der Waals surface area contributed by atoms with Gasteiger partial charge < -0.3 is 29.2 Å². The van der Waals surface area contributed by atoms with Crippen molar-refractivity contribution in [2.75, 3.05) is 60.7 Å². The smallest absolute Gasteiger partial charge is 0.338 e. The van der Waals surface area contributed by atoms with Gasteiger partial charge in [-0.3, -0.25) is 14.6 Å². The zero-order valence-corrected chi connectivity index (χ0v) is 25.1. The first kappa shape index (κ1) is 30.7. The van der Waals surface area contributed by atoms with E-state index in [2.05, 4.69) is 10.2 Å². The van der Waals surface area contributed by atoms with Crippen molar-refractivity contribution in [2.24, 2.45) is 0 Å². The maximum Gasteiger partial charge on any atom is 0.338 e. The van der Waals surface area contributed by atoms with Crippen LogP contribution >= 0.6 is 0 Å². The van der Waals surface area contributed by atoms with Gasteiger partial charge in [0.05, 0.1) is 39.6 Å². The molecule has 0 saturated carbocycles. The Labute approximate surface area is 246 Å². The third-order valence-corrected chi connectivity index (χ3v) is 7.67. The van der Waals surface area contributed by atoms with E-state index < -0.39 is 12.0 Å². The topological polar surface area (TPSA) is 110 Å². The number of carbonyl (C=O) groups is 3. The number of piperazine rings is 1. The van der Waals surface area contributed by atoms with E-state index in [0.717, 1.165) is 0 Å². The lowest BCUT2D eigenvalue weighted by Crippen LogP contribution is -2.56. The highest BCUT2D eigenvalue weighted by atomic mass is 16.5. The van der Waals surface area contributed by atoms with Crippen LogP contribution in [0.2, 0.25) is 0 Å². The molecule has 226 valence electrons. The third-order valence-electron chi connectivity index (χ3n) is 7.67. The molecule has 2 aromatic carbocycles. The first-order valence-electron chi connectivity index (χ1n) is 14.1. The fourth-order valence-corrected chi connectivity index (χ4v) is 5.53. The number of nitrogens with zero attached hydrogens (tertiary/aromatic N) is 3. The highest BCUT2D eigenvalue weighted by Crippen LogP contribution is 2.36. The summed E-state index contributed by atoms with van der Waals surface area (Å²) in [5, 5.41) is 2.99. The monoisotopic (exact) mass is 580 g/mol. The molecule has 0 aromatic heterocycles. The van der Waals surface area contributed by atoms with Crippen LogP contribution < -0.4 is 19.5 Å². The third kappa shape index (κ3) is 6.30.